The van der Waals surface area contributed by atoms with Crippen LogP contribution in [0.15, 0.2) is 78.3 Å². The van der Waals surface area contributed by atoms with Gasteiger partial charge in [0.25, 0.3) is 0 Å². The zero-order valence-electron chi connectivity index (χ0n) is 44.2. The number of hydrogen-bond donors (Lipinski definition) is 12. The molecule has 1 aliphatic rings. The minimum absolute atomic E-state index is 0.0147. The molecule has 5 rings (SSSR count). The van der Waals surface area contributed by atoms with E-state index < -0.39 is 114 Å². The summed E-state index contributed by atoms with van der Waals surface area (Å²) in [7, 11) is 0. The summed E-state index contributed by atoms with van der Waals surface area (Å²) in [6.07, 6.45) is 4.42. The highest BCUT2D eigenvalue weighted by molar-refractivity contribution is 5.98. The van der Waals surface area contributed by atoms with Crippen LogP contribution in [0.1, 0.15) is 101 Å². The summed E-state index contributed by atoms with van der Waals surface area (Å²) in [6, 6.07) is 9.90. The fraction of sp³-hybridized carbons (Fsp3) is 0.481. The number of aromatic amines is 2. The first kappa shape index (κ1) is 60.4. The third-order valence-corrected chi connectivity index (χ3v) is 13.4. The maximum Gasteiger partial charge on any atom is 0.243 e. The monoisotopic (exact) mass is 1080 g/mol. The molecule has 0 saturated carbocycles. The number of fused-ring (bicyclic) bond motifs is 1. The van der Waals surface area contributed by atoms with E-state index in [4.69, 9.17) is 17.2 Å². The second-order valence-corrected chi connectivity index (χ2v) is 19.5. The SMILES string of the molecule is CCCC[C@H](NC(C)=O)C(=O)N[C@H]1CCNC(=O)CCC(=O)NCC[C@@H](C(=O)N[C@@H](Cc2c[nH]c3ccccc23)C(N)=O)CC(=O)[C@H](CCCN=C(N)N)CC(=O)[C@@H](Cc2ccccc2)NC(=O)[C@H](Cc2cnc[nH]2)NC1=O. The van der Waals surface area contributed by atoms with Gasteiger partial charge in [-0.1, -0.05) is 68.3 Å². The Bertz CT molecular complexity index is 2720. The minimum atomic E-state index is -1.40. The molecule has 1 aliphatic heterocycles. The van der Waals surface area contributed by atoms with Gasteiger partial charge in [-0.15, -0.1) is 0 Å². The van der Waals surface area contributed by atoms with Gasteiger partial charge in [0.05, 0.1) is 12.4 Å². The predicted octanol–water partition coefficient (Wildman–Crippen LogP) is 0.0491. The number of H-pyrrole nitrogens is 2. The van der Waals surface area contributed by atoms with Crippen molar-refractivity contribution in [3.05, 3.63) is 90.1 Å². The van der Waals surface area contributed by atoms with Crippen LogP contribution in [-0.2, 0) is 67.2 Å². The average Bonchev–Trinajstić information content (AvgIpc) is 4.09. The Balaban J connectivity index is 1.51. The molecule has 420 valence electrons. The number of guanidine groups is 1. The van der Waals surface area contributed by atoms with Crippen molar-refractivity contribution in [1.82, 2.24) is 52.2 Å². The Kier molecular flexibility index (Phi) is 24.0. The number of aliphatic imine (C=N–C) groups is 1. The summed E-state index contributed by atoms with van der Waals surface area (Å²) in [6.45, 7) is 2.95. The van der Waals surface area contributed by atoms with Crippen LogP contribution in [0.25, 0.3) is 10.9 Å². The molecule has 4 aromatic rings. The predicted molar refractivity (Wildman–Crippen MR) is 289 cm³/mol. The third-order valence-electron chi connectivity index (χ3n) is 13.4. The summed E-state index contributed by atoms with van der Waals surface area (Å²) >= 11 is 0. The van der Waals surface area contributed by atoms with Crippen molar-refractivity contribution in [3.8, 4) is 0 Å². The fourth-order valence-electron chi connectivity index (χ4n) is 9.15. The van der Waals surface area contributed by atoms with Crippen molar-refractivity contribution in [2.24, 2.45) is 34.0 Å². The molecule has 1 saturated heterocycles. The van der Waals surface area contributed by atoms with E-state index in [1.165, 1.54) is 19.4 Å². The Labute approximate surface area is 452 Å². The first-order valence-corrected chi connectivity index (χ1v) is 26.4. The summed E-state index contributed by atoms with van der Waals surface area (Å²) in [5.74, 6) is -8.95. The van der Waals surface area contributed by atoms with Gasteiger partial charge in [-0.05, 0) is 55.7 Å². The molecule has 2 aromatic heterocycles. The molecule has 0 spiro atoms. The number of nitrogens with two attached hydrogens (primary N) is 3. The lowest BCUT2D eigenvalue weighted by Gasteiger charge is -2.27. The lowest BCUT2D eigenvalue weighted by Crippen LogP contribution is -2.58. The van der Waals surface area contributed by atoms with Crippen LogP contribution in [0.2, 0.25) is 0 Å². The van der Waals surface area contributed by atoms with Gasteiger partial charge in [0, 0.05) is 106 Å². The number of rotatable bonds is 19. The zero-order valence-corrected chi connectivity index (χ0v) is 44.2. The van der Waals surface area contributed by atoms with Crippen molar-refractivity contribution in [3.63, 3.8) is 0 Å². The van der Waals surface area contributed by atoms with Crippen molar-refractivity contribution >= 4 is 75.7 Å². The van der Waals surface area contributed by atoms with E-state index in [0.29, 0.717) is 29.7 Å². The third kappa shape index (κ3) is 19.9. The van der Waals surface area contributed by atoms with Crippen LogP contribution >= 0.6 is 0 Å². The number of nitrogens with zero attached hydrogens (tertiary/aromatic N) is 2. The van der Waals surface area contributed by atoms with E-state index in [1.807, 2.05) is 31.2 Å². The van der Waals surface area contributed by atoms with Gasteiger partial charge in [0.15, 0.2) is 11.7 Å². The summed E-state index contributed by atoms with van der Waals surface area (Å²) in [4.78, 5) is 152. The molecule has 15 N–H and O–H groups in total. The molecule has 7 atom stereocenters. The number of amides is 8. The Morgan fingerprint density at radius 1 is 0.769 bits per heavy atom. The number of primary amides is 1. The van der Waals surface area contributed by atoms with Crippen molar-refractivity contribution in [2.75, 3.05) is 19.6 Å². The quantitative estimate of drug-likeness (QED) is 0.0336. The Morgan fingerprint density at radius 2 is 1.46 bits per heavy atom. The van der Waals surface area contributed by atoms with Crippen LogP contribution < -0.4 is 54.4 Å². The van der Waals surface area contributed by atoms with Crippen LogP contribution in [0.5, 0.6) is 0 Å². The van der Waals surface area contributed by atoms with Gasteiger partial charge in [0.2, 0.25) is 47.3 Å². The van der Waals surface area contributed by atoms with E-state index >= 15 is 0 Å². The van der Waals surface area contributed by atoms with E-state index in [-0.39, 0.29) is 89.8 Å². The fourth-order valence-corrected chi connectivity index (χ4v) is 9.15. The van der Waals surface area contributed by atoms with Gasteiger partial charge in [-0.3, -0.25) is 52.9 Å². The zero-order chi connectivity index (χ0) is 56.6. The standard InChI is InChI=1S/C54H74N14O10/c1-3-4-15-40(64-32(2)69)51(76)65-41-20-23-60-48(73)18-17-47(72)59-22-19-35(50(75)67-43(49(55)74)25-36-29-62-39-16-9-8-14-38(36)39)27-45(70)34(13-10-21-61-54(56)57)26-46(71)42(24-33-11-6-5-7-12-33)66-53(78)44(68-52(41)77)28-37-30-58-31-63-37/h5-9,11-12,14,16,29-31,34-35,40-44,62H,3-4,10,13,15,17-28H2,1-2H3,(H2,55,74)(H,58,63)(H,59,72)(H,60,73)(H,64,69)(H,65,76)(H,66,78)(H,67,75)(H,68,77)(H4,56,57,61)/t34-,35-,40+,41+,42-,43+,44+/m1/s1. The van der Waals surface area contributed by atoms with Crippen LogP contribution in [0, 0.1) is 11.8 Å². The molecule has 2 aromatic carbocycles. The highest BCUT2D eigenvalue weighted by atomic mass is 16.2. The van der Waals surface area contributed by atoms with Crippen LogP contribution in [0.3, 0.4) is 0 Å². The number of aromatic nitrogens is 3. The minimum Gasteiger partial charge on any atom is -0.370 e. The second-order valence-electron chi connectivity index (χ2n) is 19.5. The van der Waals surface area contributed by atoms with Crippen LogP contribution in [-0.4, -0.2) is 130 Å². The van der Waals surface area contributed by atoms with E-state index in [9.17, 15) is 47.9 Å². The molecule has 1 fully saturated rings. The molecule has 0 aliphatic carbocycles. The normalized spacial score (nSPS) is 20.4. The average molecular weight is 1080 g/mol. The molecule has 0 bridgehead atoms. The van der Waals surface area contributed by atoms with E-state index in [0.717, 1.165) is 10.9 Å². The molecule has 0 unspecified atom stereocenters. The molecule has 24 nitrogen and oxygen atoms in total. The number of carbonyl (C=O) groups excluding carboxylic acids is 10. The number of benzene rings is 2. The first-order chi connectivity index (χ1) is 37.4. The van der Waals surface area contributed by atoms with Crippen LogP contribution in [0.4, 0.5) is 0 Å². The molecule has 0 radical (unpaired) electrons. The second kappa shape index (κ2) is 30.9. The van der Waals surface area contributed by atoms with E-state index in [1.54, 1.807) is 36.5 Å². The summed E-state index contributed by atoms with van der Waals surface area (Å²) in [5.41, 5.74) is 19.6. The number of imidazole rings is 1. The molecule has 78 heavy (non-hydrogen) atoms. The lowest BCUT2D eigenvalue weighted by molar-refractivity contribution is -0.135. The molecular formula is C54H74N14O10. The number of carbonyl (C=O) groups is 10. The van der Waals surface area contributed by atoms with Gasteiger partial charge in [0.1, 0.15) is 30.0 Å². The summed E-state index contributed by atoms with van der Waals surface area (Å²) in [5, 5.41) is 19.8. The van der Waals surface area contributed by atoms with Gasteiger partial charge in [-0.2, -0.15) is 0 Å². The Hall–Kier alpha value is -8.44. The lowest BCUT2D eigenvalue weighted by atomic mass is 9.84. The topological polar surface area (TPSA) is 390 Å². The Morgan fingerprint density at radius 3 is 2.13 bits per heavy atom. The van der Waals surface area contributed by atoms with E-state index in [2.05, 4.69) is 57.2 Å². The maximum atomic E-state index is 14.8. The number of nitrogens with one attached hydrogen (secondary N) is 9. The number of ketones is 2. The number of hydrogen-bond acceptors (Lipinski definition) is 12. The summed E-state index contributed by atoms with van der Waals surface area (Å²) < 4.78 is 0. The highest BCUT2D eigenvalue weighted by Gasteiger charge is 2.35. The smallest absolute Gasteiger partial charge is 0.243 e. The largest absolute Gasteiger partial charge is 0.370 e. The molecule has 24 heteroatoms. The number of unbranched alkanes of at least 4 members (excludes halogenated alkanes) is 1. The van der Waals surface area contributed by atoms with Crippen molar-refractivity contribution in [1.29, 1.82) is 0 Å². The molecule has 8 amide bonds. The molecule has 3 heterocycles. The number of para-hydroxylation sites is 1. The van der Waals surface area contributed by atoms with Gasteiger partial charge < -0.3 is 64.4 Å². The van der Waals surface area contributed by atoms with Gasteiger partial charge in [-0.25, -0.2) is 4.98 Å². The highest BCUT2D eigenvalue weighted by Crippen LogP contribution is 2.24. The maximum absolute atomic E-state index is 14.8. The van der Waals surface area contributed by atoms with Crippen molar-refractivity contribution < 1.29 is 47.9 Å². The van der Waals surface area contributed by atoms with Gasteiger partial charge >= 0.3 is 0 Å². The molecular weight excluding hydrogens is 1000 g/mol. The van der Waals surface area contributed by atoms with Crippen molar-refractivity contribution in [2.45, 2.75) is 134 Å². The number of Topliss-reactive ketones (excluding diaryl/α,β-unsaturated/α-hetero) is 2. The first-order valence-electron chi connectivity index (χ1n) is 26.4.